The predicted molar refractivity (Wildman–Crippen MR) is 56.7 cm³/mol. The second kappa shape index (κ2) is 5.73. The van der Waals surface area contributed by atoms with E-state index in [-0.39, 0.29) is 12.7 Å². The first kappa shape index (κ1) is 15.7. The molecule has 0 saturated carbocycles. The van der Waals surface area contributed by atoms with E-state index in [2.05, 4.69) is 4.74 Å². The third-order valence-corrected chi connectivity index (χ3v) is 2.52. The first-order valence-electron chi connectivity index (χ1n) is 5.07. The van der Waals surface area contributed by atoms with Crippen LogP contribution in [0, 0.1) is 11.6 Å². The lowest BCUT2D eigenvalue weighted by Gasteiger charge is -2.12. The molecule has 0 N–H and O–H groups in total. The topological polar surface area (TPSA) is 26.3 Å². The Morgan fingerprint density at radius 2 is 1.89 bits per heavy atom. The summed E-state index contributed by atoms with van der Waals surface area (Å²) < 4.78 is 68.3. The largest absolute Gasteiger partial charge is 0.466 e. The molecule has 0 aliphatic carbocycles. The summed E-state index contributed by atoms with van der Waals surface area (Å²) in [6.45, 7) is 1.49. The number of hydrogen-bond donors (Lipinski definition) is 0. The quantitative estimate of drug-likeness (QED) is 0.483. The van der Waals surface area contributed by atoms with Crippen LogP contribution in [0.15, 0.2) is 6.07 Å². The van der Waals surface area contributed by atoms with Gasteiger partial charge >= 0.3 is 12.1 Å². The van der Waals surface area contributed by atoms with E-state index in [1.165, 1.54) is 6.92 Å². The number of rotatable bonds is 3. The van der Waals surface area contributed by atoms with Gasteiger partial charge < -0.3 is 4.74 Å². The second-order valence-corrected chi connectivity index (χ2v) is 3.90. The minimum atomic E-state index is -5.07. The number of esters is 1. The highest BCUT2D eigenvalue weighted by molar-refractivity contribution is 6.31. The van der Waals surface area contributed by atoms with Crippen LogP contribution in [-0.2, 0) is 22.1 Å². The normalized spacial score (nSPS) is 11.5. The Morgan fingerprint density at radius 1 is 1.32 bits per heavy atom. The summed E-state index contributed by atoms with van der Waals surface area (Å²) in [7, 11) is 0. The Hall–Kier alpha value is -1.37. The molecule has 0 aliphatic heterocycles. The van der Waals surface area contributed by atoms with Crippen molar-refractivity contribution in [3.63, 3.8) is 0 Å². The Kier molecular flexibility index (Phi) is 4.73. The van der Waals surface area contributed by atoms with Crippen LogP contribution in [0.25, 0.3) is 0 Å². The van der Waals surface area contributed by atoms with Crippen molar-refractivity contribution in [1.82, 2.24) is 0 Å². The Labute approximate surface area is 110 Å². The molecule has 2 nitrogen and oxygen atoms in total. The zero-order chi connectivity index (χ0) is 14.8. The van der Waals surface area contributed by atoms with Gasteiger partial charge in [0, 0.05) is 10.6 Å². The first-order chi connectivity index (χ1) is 8.68. The monoisotopic (exact) mass is 302 g/mol. The molecule has 0 unspecified atom stereocenters. The van der Waals surface area contributed by atoms with Crippen LogP contribution in [0.4, 0.5) is 22.0 Å². The molecular weight excluding hydrogens is 295 g/mol. The van der Waals surface area contributed by atoms with Crippen LogP contribution in [0.3, 0.4) is 0 Å². The zero-order valence-corrected chi connectivity index (χ0v) is 10.3. The highest BCUT2D eigenvalue weighted by Crippen LogP contribution is 2.36. The van der Waals surface area contributed by atoms with Crippen molar-refractivity contribution in [2.45, 2.75) is 19.5 Å². The molecule has 8 heteroatoms. The van der Waals surface area contributed by atoms with Gasteiger partial charge in [0.05, 0.1) is 18.6 Å². The summed E-state index contributed by atoms with van der Waals surface area (Å²) in [6.07, 6.45) is -5.81. The molecule has 1 aromatic carbocycles. The van der Waals surface area contributed by atoms with Crippen LogP contribution >= 0.6 is 11.6 Å². The van der Waals surface area contributed by atoms with E-state index in [0.717, 1.165) is 0 Å². The number of ether oxygens (including phenoxy) is 1. The van der Waals surface area contributed by atoms with E-state index in [4.69, 9.17) is 11.6 Å². The molecule has 0 heterocycles. The summed E-state index contributed by atoms with van der Waals surface area (Å²) in [5.74, 6) is -4.80. The molecule has 1 aromatic rings. The van der Waals surface area contributed by atoms with E-state index in [1.807, 2.05) is 0 Å². The minimum absolute atomic E-state index is 0.00118. The summed E-state index contributed by atoms with van der Waals surface area (Å²) in [5, 5.41) is -0.681. The maximum atomic E-state index is 13.5. The van der Waals surface area contributed by atoms with Gasteiger partial charge in [-0.1, -0.05) is 11.6 Å². The summed E-state index contributed by atoms with van der Waals surface area (Å²) in [4.78, 5) is 11.1. The van der Waals surface area contributed by atoms with Crippen LogP contribution in [0.1, 0.15) is 18.1 Å². The van der Waals surface area contributed by atoms with E-state index >= 15 is 0 Å². The van der Waals surface area contributed by atoms with Gasteiger partial charge in [-0.05, 0) is 13.0 Å². The molecule has 106 valence electrons. The third kappa shape index (κ3) is 3.56. The van der Waals surface area contributed by atoms with Gasteiger partial charge in [-0.3, -0.25) is 4.79 Å². The number of carbonyl (C=O) groups excluding carboxylic acids is 1. The number of alkyl halides is 3. The fraction of sp³-hybridized carbons (Fsp3) is 0.364. The molecule has 19 heavy (non-hydrogen) atoms. The molecular formula is C11H8ClF5O2. The molecule has 0 spiro atoms. The van der Waals surface area contributed by atoms with Gasteiger partial charge in [0.25, 0.3) is 0 Å². The highest BCUT2D eigenvalue weighted by atomic mass is 35.5. The Morgan fingerprint density at radius 3 is 2.37 bits per heavy atom. The van der Waals surface area contributed by atoms with Crippen molar-refractivity contribution in [3.05, 3.63) is 33.9 Å². The lowest BCUT2D eigenvalue weighted by molar-refractivity contribution is -0.142. The molecule has 0 amide bonds. The smallest absolute Gasteiger partial charge is 0.419 e. The van der Waals surface area contributed by atoms with Crippen LogP contribution < -0.4 is 0 Å². The molecule has 0 saturated heterocycles. The van der Waals surface area contributed by atoms with E-state index in [0.29, 0.717) is 0 Å². The zero-order valence-electron chi connectivity index (χ0n) is 9.58. The molecule has 0 radical (unpaired) electrons. The van der Waals surface area contributed by atoms with E-state index < -0.39 is 46.4 Å². The second-order valence-electron chi connectivity index (χ2n) is 3.49. The minimum Gasteiger partial charge on any atom is -0.466 e. The third-order valence-electron chi connectivity index (χ3n) is 2.19. The van der Waals surface area contributed by atoms with Crippen LogP contribution in [0.5, 0.6) is 0 Å². The van der Waals surface area contributed by atoms with E-state index in [1.54, 1.807) is 0 Å². The predicted octanol–water partition coefficient (Wildman–Crippen LogP) is 3.74. The van der Waals surface area contributed by atoms with Gasteiger partial charge in [0.1, 0.15) is 0 Å². The summed E-state index contributed by atoms with van der Waals surface area (Å²) >= 11 is 5.44. The molecule has 1 rings (SSSR count). The first-order valence-corrected chi connectivity index (χ1v) is 5.45. The van der Waals surface area contributed by atoms with Gasteiger partial charge in [-0.2, -0.15) is 13.2 Å². The van der Waals surface area contributed by atoms with Crippen LogP contribution in [-0.4, -0.2) is 12.6 Å². The van der Waals surface area contributed by atoms with Gasteiger partial charge in [0.15, 0.2) is 11.6 Å². The van der Waals surface area contributed by atoms with E-state index in [9.17, 15) is 26.7 Å². The fourth-order valence-electron chi connectivity index (χ4n) is 1.36. The summed E-state index contributed by atoms with van der Waals surface area (Å²) in [6, 6.07) is 0.245. The van der Waals surface area contributed by atoms with Crippen molar-refractivity contribution < 1.29 is 31.5 Å². The molecule has 0 aromatic heterocycles. The van der Waals surface area contributed by atoms with Gasteiger partial charge in [-0.15, -0.1) is 0 Å². The molecule has 0 bridgehead atoms. The SMILES string of the molecule is CCOC(=O)Cc1c(Cl)cc(C(F)(F)F)c(F)c1F. The average Bonchev–Trinajstić information content (AvgIpc) is 2.28. The summed E-state index contributed by atoms with van der Waals surface area (Å²) in [5.41, 5.74) is -2.48. The van der Waals surface area contributed by atoms with Crippen LogP contribution in [0.2, 0.25) is 5.02 Å². The maximum Gasteiger partial charge on any atom is 0.419 e. The number of halogens is 6. The van der Waals surface area contributed by atoms with Crippen molar-refractivity contribution >= 4 is 17.6 Å². The van der Waals surface area contributed by atoms with Crippen molar-refractivity contribution in [2.24, 2.45) is 0 Å². The lowest BCUT2D eigenvalue weighted by Crippen LogP contribution is -2.14. The van der Waals surface area contributed by atoms with Gasteiger partial charge in [0.2, 0.25) is 0 Å². The Balaban J connectivity index is 3.23. The average molecular weight is 303 g/mol. The molecule has 0 fully saturated rings. The lowest BCUT2D eigenvalue weighted by atomic mass is 10.1. The standard InChI is InChI=1S/C11H8ClF5O2/c1-2-19-8(18)3-5-7(12)4-6(11(15,16)17)10(14)9(5)13/h4H,2-3H2,1H3. The van der Waals surface area contributed by atoms with Crippen molar-refractivity contribution in [2.75, 3.05) is 6.61 Å². The Bertz CT molecular complexity index is 499. The molecule has 0 aliphatic rings. The van der Waals surface area contributed by atoms with Crippen molar-refractivity contribution in [1.29, 1.82) is 0 Å². The number of benzene rings is 1. The maximum absolute atomic E-state index is 13.5. The fourth-order valence-corrected chi connectivity index (χ4v) is 1.62. The van der Waals surface area contributed by atoms with Crippen molar-refractivity contribution in [3.8, 4) is 0 Å². The number of carbonyl (C=O) groups is 1. The van der Waals surface area contributed by atoms with Gasteiger partial charge in [-0.25, -0.2) is 8.78 Å². The molecule has 0 atom stereocenters. The highest BCUT2D eigenvalue weighted by Gasteiger charge is 2.37. The number of hydrogen-bond acceptors (Lipinski definition) is 2.